The number of aliphatic hydroxyl groups is 1. The number of hydrogen-bond donors (Lipinski definition) is 3. The van der Waals surface area contributed by atoms with Crippen LogP contribution in [0.15, 0.2) is 78.7 Å². The fourth-order valence-electron chi connectivity index (χ4n) is 8.71. The zero-order chi connectivity index (χ0) is 39.3. The number of amides is 2. The zero-order valence-electron chi connectivity index (χ0n) is 31.3. The Morgan fingerprint density at radius 2 is 1.79 bits per heavy atom. The highest BCUT2D eigenvalue weighted by molar-refractivity contribution is 7.13. The molecule has 0 spiro atoms. The number of aryl methyl sites for hydroxylation is 1. The van der Waals surface area contributed by atoms with Crippen molar-refractivity contribution in [2.75, 3.05) is 42.1 Å². The van der Waals surface area contributed by atoms with Crippen LogP contribution in [0.25, 0.3) is 22.0 Å². The van der Waals surface area contributed by atoms with E-state index in [4.69, 9.17) is 5.73 Å². The Morgan fingerprint density at radius 3 is 2.53 bits per heavy atom. The van der Waals surface area contributed by atoms with E-state index < -0.39 is 17.5 Å². The van der Waals surface area contributed by atoms with Gasteiger partial charge in [-0.15, -0.1) is 11.3 Å². The van der Waals surface area contributed by atoms with Gasteiger partial charge in [0.15, 0.2) is 17.0 Å². The summed E-state index contributed by atoms with van der Waals surface area (Å²) in [6.45, 7) is 3.01. The number of hydrogen-bond acceptors (Lipinski definition) is 9. The van der Waals surface area contributed by atoms with Crippen molar-refractivity contribution in [2.45, 2.75) is 69.1 Å². The van der Waals surface area contributed by atoms with Crippen LogP contribution in [0.3, 0.4) is 0 Å². The van der Waals surface area contributed by atoms with Crippen LogP contribution in [0, 0.1) is 11.6 Å². The molecule has 4 N–H and O–H groups in total. The molecule has 6 heterocycles. The minimum atomic E-state index is -1.10. The number of nitrogens with two attached hydrogens (primary N) is 1. The second-order valence-corrected chi connectivity index (χ2v) is 16.3. The lowest BCUT2D eigenvalue weighted by molar-refractivity contribution is -0.138. The smallest absolute Gasteiger partial charge is 0.257 e. The fraction of sp³-hybridized carbons (Fsp3) is 0.357. The van der Waals surface area contributed by atoms with Crippen molar-refractivity contribution in [3.8, 4) is 11.1 Å². The molecule has 3 aliphatic rings. The lowest BCUT2D eigenvalue weighted by atomic mass is 9.86. The fourth-order valence-corrected chi connectivity index (χ4v) is 9.24. The number of aromatic nitrogens is 5. The first kappa shape index (κ1) is 36.9. The molecule has 294 valence electrons. The van der Waals surface area contributed by atoms with Crippen LogP contribution in [0.2, 0.25) is 0 Å². The van der Waals surface area contributed by atoms with E-state index in [0.717, 1.165) is 30.8 Å². The number of thiazole rings is 1. The van der Waals surface area contributed by atoms with Gasteiger partial charge in [0.1, 0.15) is 11.3 Å². The van der Waals surface area contributed by atoms with E-state index in [1.807, 2.05) is 30.3 Å². The van der Waals surface area contributed by atoms with Gasteiger partial charge in [-0.3, -0.25) is 19.6 Å². The highest BCUT2D eigenvalue weighted by atomic mass is 32.1. The Balaban J connectivity index is 0.851. The molecule has 2 saturated heterocycles. The largest absolute Gasteiger partial charge is 0.399 e. The van der Waals surface area contributed by atoms with Gasteiger partial charge in [-0.05, 0) is 79.8 Å². The third-order valence-corrected chi connectivity index (χ3v) is 12.6. The summed E-state index contributed by atoms with van der Waals surface area (Å²) in [5, 5.41) is 21.8. The number of anilines is 3. The molecule has 2 amide bonds. The summed E-state index contributed by atoms with van der Waals surface area (Å²) in [5.74, 6) is -1.18. The number of likely N-dealkylation sites (tertiary alicyclic amines) is 1. The molecular formula is C42H43F2N9O3S. The van der Waals surface area contributed by atoms with Gasteiger partial charge < -0.3 is 25.2 Å². The van der Waals surface area contributed by atoms with E-state index >= 15 is 4.39 Å². The van der Waals surface area contributed by atoms with Gasteiger partial charge >= 0.3 is 0 Å². The Hall–Kier alpha value is -5.67. The average molecular weight is 792 g/mol. The number of carbonyl (C=O) groups is 2. The lowest BCUT2D eigenvalue weighted by Gasteiger charge is -2.40. The Bertz CT molecular complexity index is 2430. The minimum Gasteiger partial charge on any atom is -0.399 e. The summed E-state index contributed by atoms with van der Waals surface area (Å²) in [5.41, 5.74) is 9.38. The molecule has 0 aliphatic carbocycles. The molecule has 12 nitrogen and oxygen atoms in total. The van der Waals surface area contributed by atoms with E-state index in [2.05, 4.69) is 29.9 Å². The number of fused-ring (bicyclic) bond motifs is 2. The molecule has 9 rings (SSSR count). The lowest BCUT2D eigenvalue weighted by Crippen LogP contribution is -2.48. The van der Waals surface area contributed by atoms with E-state index in [9.17, 15) is 19.1 Å². The molecule has 0 radical (unpaired) electrons. The van der Waals surface area contributed by atoms with Crippen molar-refractivity contribution in [1.29, 1.82) is 0 Å². The van der Waals surface area contributed by atoms with Gasteiger partial charge in [-0.2, -0.15) is 5.10 Å². The van der Waals surface area contributed by atoms with Crippen molar-refractivity contribution in [3.63, 3.8) is 0 Å². The normalized spacial score (nSPS) is 17.5. The summed E-state index contributed by atoms with van der Waals surface area (Å²) < 4.78 is 34.4. The van der Waals surface area contributed by atoms with Crippen molar-refractivity contribution >= 4 is 50.6 Å². The van der Waals surface area contributed by atoms with Crippen LogP contribution in [-0.2, 0) is 22.6 Å². The van der Waals surface area contributed by atoms with Crippen LogP contribution in [0.4, 0.5) is 25.3 Å². The molecule has 2 fully saturated rings. The SMILES string of the molecule is Nc1ccc(C2CCN(C(=O)CC3(O)CCN(c4ccc(-c5ccc6cn(C(C(=O)Nc7nccs7)c7ncn8c7CCC8)nc6c5F)cc4)CC3)CC2)c(F)c1. The van der Waals surface area contributed by atoms with Crippen molar-refractivity contribution < 1.29 is 23.5 Å². The predicted molar refractivity (Wildman–Crippen MR) is 215 cm³/mol. The summed E-state index contributed by atoms with van der Waals surface area (Å²) in [6, 6.07) is 15.1. The third kappa shape index (κ3) is 7.25. The number of rotatable bonds is 9. The number of nitrogens with one attached hydrogen (secondary N) is 1. The molecular weight excluding hydrogens is 749 g/mol. The Morgan fingerprint density at radius 1 is 1.00 bits per heavy atom. The number of imidazole rings is 1. The highest BCUT2D eigenvalue weighted by Gasteiger charge is 2.37. The van der Waals surface area contributed by atoms with Gasteiger partial charge in [0, 0.05) is 78.5 Å². The number of benzene rings is 3. The van der Waals surface area contributed by atoms with Gasteiger partial charge in [-0.1, -0.05) is 30.3 Å². The second kappa shape index (κ2) is 15.0. The molecule has 1 atom stereocenters. The maximum Gasteiger partial charge on any atom is 0.257 e. The standard InChI is InChI=1S/C42H43F2N9O3S/c43-33-22-29(45)6-10-31(33)27-11-17-51(18-12-27)35(54)23-42(56)13-19-50(20-14-42)30-7-3-26(4-8-30)32-9-5-28-24-53(49-37(28)36(32)44)39(40(55)48-41-46-15-21-57-41)38-34-2-1-16-52(34)25-47-38/h3-10,15,21-22,24-25,27,39,56H,1-2,11-14,16-20,23,45H2,(H,46,48,55). The molecule has 15 heteroatoms. The first-order valence-electron chi connectivity index (χ1n) is 19.4. The molecule has 3 aromatic carbocycles. The van der Waals surface area contributed by atoms with E-state index in [0.29, 0.717) is 90.5 Å². The molecule has 6 aromatic rings. The topological polar surface area (TPSA) is 147 Å². The Labute approximate surface area is 331 Å². The molecule has 0 bridgehead atoms. The number of piperidine rings is 2. The molecule has 1 unspecified atom stereocenters. The van der Waals surface area contributed by atoms with Gasteiger partial charge in [0.05, 0.1) is 24.0 Å². The van der Waals surface area contributed by atoms with E-state index in [-0.39, 0.29) is 35.5 Å². The monoisotopic (exact) mass is 791 g/mol. The van der Waals surface area contributed by atoms with Crippen LogP contribution in [0.1, 0.15) is 67.4 Å². The zero-order valence-corrected chi connectivity index (χ0v) is 32.1. The molecule has 57 heavy (non-hydrogen) atoms. The molecule has 0 saturated carbocycles. The first-order valence-corrected chi connectivity index (χ1v) is 20.3. The average Bonchev–Trinajstić information content (AvgIpc) is 4.03. The van der Waals surface area contributed by atoms with Crippen LogP contribution in [0.5, 0.6) is 0 Å². The van der Waals surface area contributed by atoms with Gasteiger partial charge in [0.25, 0.3) is 5.91 Å². The van der Waals surface area contributed by atoms with Crippen LogP contribution < -0.4 is 16.0 Å². The third-order valence-electron chi connectivity index (χ3n) is 11.9. The van der Waals surface area contributed by atoms with Crippen molar-refractivity contribution in [3.05, 3.63) is 107 Å². The second-order valence-electron chi connectivity index (χ2n) is 15.4. The van der Waals surface area contributed by atoms with Gasteiger partial charge in [0.2, 0.25) is 5.91 Å². The van der Waals surface area contributed by atoms with E-state index in [1.165, 1.54) is 22.1 Å². The van der Waals surface area contributed by atoms with Crippen LogP contribution >= 0.6 is 11.3 Å². The minimum absolute atomic E-state index is 0.0338. The highest BCUT2D eigenvalue weighted by Crippen LogP contribution is 2.36. The number of nitrogen functional groups attached to an aromatic ring is 1. The first-order chi connectivity index (χ1) is 27.6. The summed E-state index contributed by atoms with van der Waals surface area (Å²) >= 11 is 1.31. The maximum atomic E-state index is 16.3. The van der Waals surface area contributed by atoms with Crippen molar-refractivity contribution in [2.24, 2.45) is 0 Å². The summed E-state index contributed by atoms with van der Waals surface area (Å²) in [4.78, 5) is 39.8. The molecule has 3 aromatic heterocycles. The quantitative estimate of drug-likeness (QED) is 0.140. The van der Waals surface area contributed by atoms with Crippen molar-refractivity contribution in [1.82, 2.24) is 29.2 Å². The van der Waals surface area contributed by atoms with Gasteiger partial charge in [-0.25, -0.2) is 18.7 Å². The van der Waals surface area contributed by atoms with Crippen LogP contribution in [-0.4, -0.2) is 77.9 Å². The van der Waals surface area contributed by atoms with E-state index in [1.54, 1.807) is 47.2 Å². The maximum absolute atomic E-state index is 16.3. The number of nitrogens with zero attached hydrogens (tertiary/aromatic N) is 7. The molecule has 3 aliphatic heterocycles. The predicted octanol–water partition coefficient (Wildman–Crippen LogP) is 6.52. The summed E-state index contributed by atoms with van der Waals surface area (Å²) in [6.07, 6.45) is 9.07. The number of carbonyl (C=O) groups excluding carboxylic acids is 2. The Kier molecular flexibility index (Phi) is 9.73. The summed E-state index contributed by atoms with van der Waals surface area (Å²) in [7, 11) is 0. The number of halogens is 2.